The van der Waals surface area contributed by atoms with Crippen LogP contribution >= 0.6 is 35.4 Å². The van der Waals surface area contributed by atoms with E-state index in [1.807, 2.05) is 0 Å². The summed E-state index contributed by atoms with van der Waals surface area (Å²) in [5, 5.41) is 0.896. The van der Waals surface area contributed by atoms with Gasteiger partial charge < -0.3 is 10.5 Å². The van der Waals surface area contributed by atoms with Gasteiger partial charge in [-0.15, -0.1) is 0 Å². The minimum absolute atomic E-state index is 0.138. The van der Waals surface area contributed by atoms with Gasteiger partial charge in [-0.3, -0.25) is 0 Å². The predicted molar refractivity (Wildman–Crippen MR) is 58.7 cm³/mol. The molecule has 0 heterocycles. The summed E-state index contributed by atoms with van der Waals surface area (Å²) in [6, 6.07) is 5.10. The molecule has 1 aromatic rings. The third kappa shape index (κ3) is 3.03. The first-order valence-electron chi connectivity index (χ1n) is 3.46. The maximum absolute atomic E-state index is 5.82. The largest absolute Gasteiger partial charge is 0.483 e. The van der Waals surface area contributed by atoms with Crippen molar-refractivity contribution in [1.82, 2.24) is 0 Å². The molecule has 0 fully saturated rings. The van der Waals surface area contributed by atoms with Crippen LogP contribution in [0.3, 0.4) is 0 Å². The lowest BCUT2D eigenvalue weighted by Gasteiger charge is -2.07. The van der Waals surface area contributed by atoms with Crippen LogP contribution in [0.25, 0.3) is 0 Å². The smallest absolute Gasteiger partial charge is 0.157 e. The minimum atomic E-state index is 0.138. The number of nitrogens with two attached hydrogens (primary N) is 1. The van der Waals surface area contributed by atoms with E-state index in [4.69, 9.17) is 33.7 Å². The first-order valence-corrected chi connectivity index (χ1v) is 4.63. The normalized spacial score (nSPS) is 9.69. The van der Waals surface area contributed by atoms with Gasteiger partial charge in [0.05, 0.1) is 10.0 Å². The van der Waals surface area contributed by atoms with Crippen LogP contribution in [0, 0.1) is 0 Å². The van der Waals surface area contributed by atoms with Gasteiger partial charge in [-0.25, -0.2) is 0 Å². The Morgan fingerprint density at radius 3 is 2.38 bits per heavy atom. The summed E-state index contributed by atoms with van der Waals surface area (Å²) in [4.78, 5) is 0.260. The highest BCUT2D eigenvalue weighted by atomic mass is 35.5. The second-order valence-electron chi connectivity index (χ2n) is 2.31. The van der Waals surface area contributed by atoms with Gasteiger partial charge in [0.2, 0.25) is 0 Å². The molecular formula is C8H7Cl2NOS. The molecule has 0 aliphatic rings. The number of rotatable bonds is 3. The number of hydrogen-bond donors (Lipinski definition) is 1. The van der Waals surface area contributed by atoms with Crippen molar-refractivity contribution in [1.29, 1.82) is 0 Å². The van der Waals surface area contributed by atoms with Crippen LogP contribution in [0.5, 0.6) is 5.75 Å². The third-order valence-electron chi connectivity index (χ3n) is 1.28. The molecule has 0 saturated heterocycles. The van der Waals surface area contributed by atoms with E-state index in [0.717, 1.165) is 0 Å². The Hall–Kier alpha value is -0.510. The van der Waals surface area contributed by atoms with Gasteiger partial charge in [0.1, 0.15) is 11.6 Å². The van der Waals surface area contributed by atoms with Crippen LogP contribution in [0.2, 0.25) is 10.0 Å². The third-order valence-corrected chi connectivity index (χ3v) is 1.99. The molecule has 0 saturated carbocycles. The number of thiocarbonyl (C=S) groups is 1. The minimum Gasteiger partial charge on any atom is -0.483 e. The van der Waals surface area contributed by atoms with Crippen molar-refractivity contribution in [2.45, 2.75) is 0 Å². The molecule has 0 amide bonds. The van der Waals surface area contributed by atoms with E-state index in [1.165, 1.54) is 0 Å². The van der Waals surface area contributed by atoms with Gasteiger partial charge in [-0.1, -0.05) is 41.5 Å². The molecule has 1 rings (SSSR count). The van der Waals surface area contributed by atoms with E-state index in [0.29, 0.717) is 15.8 Å². The Bertz CT molecular complexity index is 310. The standard InChI is InChI=1S/C8H7Cl2NOS/c9-5-2-1-3-6(10)8(5)12-4-7(11)13/h1-3H,4H2,(H2,11,13). The molecule has 0 radical (unpaired) electrons. The average Bonchev–Trinajstić information content (AvgIpc) is 2.03. The average molecular weight is 236 g/mol. The highest BCUT2D eigenvalue weighted by molar-refractivity contribution is 7.80. The van der Waals surface area contributed by atoms with Gasteiger partial charge in [0, 0.05) is 0 Å². The summed E-state index contributed by atoms with van der Waals surface area (Å²) < 4.78 is 5.20. The second kappa shape index (κ2) is 4.65. The number of ether oxygens (including phenoxy) is 1. The summed E-state index contributed by atoms with van der Waals surface area (Å²) in [7, 11) is 0. The zero-order chi connectivity index (χ0) is 9.84. The predicted octanol–water partition coefficient (Wildman–Crippen LogP) is 2.66. The fourth-order valence-electron chi connectivity index (χ4n) is 0.764. The molecule has 0 spiro atoms. The van der Waals surface area contributed by atoms with Crippen molar-refractivity contribution in [3.63, 3.8) is 0 Å². The number of benzene rings is 1. The maximum atomic E-state index is 5.82. The number of para-hydroxylation sites is 1. The topological polar surface area (TPSA) is 35.2 Å². The molecule has 0 atom stereocenters. The van der Waals surface area contributed by atoms with Crippen LogP contribution in [0.15, 0.2) is 18.2 Å². The number of halogens is 2. The van der Waals surface area contributed by atoms with Crippen molar-refractivity contribution in [2.75, 3.05) is 6.61 Å². The van der Waals surface area contributed by atoms with Crippen molar-refractivity contribution in [3.8, 4) is 5.75 Å². The lowest BCUT2D eigenvalue weighted by molar-refractivity contribution is 0.378. The zero-order valence-electron chi connectivity index (χ0n) is 6.59. The van der Waals surface area contributed by atoms with Crippen LogP contribution in [-0.2, 0) is 0 Å². The highest BCUT2D eigenvalue weighted by Gasteiger charge is 2.06. The van der Waals surface area contributed by atoms with Gasteiger partial charge >= 0.3 is 0 Å². The van der Waals surface area contributed by atoms with E-state index in [1.54, 1.807) is 18.2 Å². The van der Waals surface area contributed by atoms with Crippen molar-refractivity contribution >= 4 is 40.4 Å². The number of hydrogen-bond acceptors (Lipinski definition) is 2. The van der Waals surface area contributed by atoms with Crippen molar-refractivity contribution in [2.24, 2.45) is 5.73 Å². The van der Waals surface area contributed by atoms with Gasteiger partial charge in [0.15, 0.2) is 5.75 Å². The van der Waals surface area contributed by atoms with Crippen LogP contribution in [0.1, 0.15) is 0 Å². The first-order chi connectivity index (χ1) is 6.11. The molecule has 1 aromatic carbocycles. The van der Waals surface area contributed by atoms with Crippen LogP contribution in [-0.4, -0.2) is 11.6 Å². The molecule has 0 bridgehead atoms. The molecule has 70 valence electrons. The van der Waals surface area contributed by atoms with Gasteiger partial charge in [-0.05, 0) is 12.1 Å². The first kappa shape index (κ1) is 10.6. The molecule has 0 aliphatic heterocycles. The molecule has 0 unspecified atom stereocenters. The fraction of sp³-hybridized carbons (Fsp3) is 0.125. The molecule has 0 aliphatic carbocycles. The second-order valence-corrected chi connectivity index (χ2v) is 3.64. The molecule has 0 aromatic heterocycles. The quantitative estimate of drug-likeness (QED) is 0.819. The summed E-state index contributed by atoms with van der Waals surface area (Å²) in [6.45, 7) is 0.138. The molecule has 2 N–H and O–H groups in total. The Labute approximate surface area is 91.6 Å². The van der Waals surface area contributed by atoms with E-state index in [-0.39, 0.29) is 11.6 Å². The maximum Gasteiger partial charge on any atom is 0.157 e. The lowest BCUT2D eigenvalue weighted by atomic mass is 10.3. The van der Waals surface area contributed by atoms with E-state index >= 15 is 0 Å². The summed E-state index contributed by atoms with van der Waals surface area (Å²) >= 11 is 16.3. The zero-order valence-corrected chi connectivity index (χ0v) is 8.92. The fourth-order valence-corrected chi connectivity index (χ4v) is 1.33. The summed E-state index contributed by atoms with van der Waals surface area (Å²) in [6.07, 6.45) is 0. The Kier molecular flexibility index (Phi) is 3.78. The van der Waals surface area contributed by atoms with E-state index in [9.17, 15) is 0 Å². The van der Waals surface area contributed by atoms with Crippen molar-refractivity contribution in [3.05, 3.63) is 28.2 Å². The Balaban J connectivity index is 2.81. The van der Waals surface area contributed by atoms with Crippen molar-refractivity contribution < 1.29 is 4.74 Å². The van der Waals surface area contributed by atoms with Crippen LogP contribution < -0.4 is 10.5 Å². The Morgan fingerprint density at radius 2 is 1.92 bits per heavy atom. The summed E-state index contributed by atoms with van der Waals surface area (Å²) in [5.41, 5.74) is 5.26. The monoisotopic (exact) mass is 235 g/mol. The van der Waals surface area contributed by atoms with Gasteiger partial charge in [-0.2, -0.15) is 0 Å². The summed E-state index contributed by atoms with van der Waals surface area (Å²) in [5.74, 6) is 0.415. The molecular weight excluding hydrogens is 229 g/mol. The molecule has 13 heavy (non-hydrogen) atoms. The van der Waals surface area contributed by atoms with Crippen LogP contribution in [0.4, 0.5) is 0 Å². The molecule has 2 nitrogen and oxygen atoms in total. The van der Waals surface area contributed by atoms with Gasteiger partial charge in [0.25, 0.3) is 0 Å². The Morgan fingerprint density at radius 1 is 1.38 bits per heavy atom. The van der Waals surface area contributed by atoms with E-state index in [2.05, 4.69) is 12.2 Å². The SMILES string of the molecule is NC(=S)COc1c(Cl)cccc1Cl. The molecule has 5 heteroatoms. The van der Waals surface area contributed by atoms with E-state index < -0.39 is 0 Å². The highest BCUT2D eigenvalue weighted by Crippen LogP contribution is 2.32. The lowest BCUT2D eigenvalue weighted by Crippen LogP contribution is -2.18.